The molecule has 8 aromatic carbocycles. The van der Waals surface area contributed by atoms with Gasteiger partial charge in [0.15, 0.2) is 0 Å². The van der Waals surface area contributed by atoms with E-state index in [2.05, 4.69) is 168 Å². The minimum Gasteiger partial charge on any atom is -0.456 e. The van der Waals surface area contributed by atoms with Gasteiger partial charge in [0.2, 0.25) is 0 Å². The second-order valence-electron chi connectivity index (χ2n) is 13.7. The van der Waals surface area contributed by atoms with Gasteiger partial charge in [-0.2, -0.15) is 0 Å². The van der Waals surface area contributed by atoms with Crippen molar-refractivity contribution in [2.75, 3.05) is 0 Å². The first-order valence-corrected chi connectivity index (χ1v) is 19.2. The van der Waals surface area contributed by atoms with Crippen molar-refractivity contribution in [3.63, 3.8) is 0 Å². The van der Waals surface area contributed by atoms with Crippen LogP contribution < -0.4 is 0 Å². The van der Waals surface area contributed by atoms with Crippen LogP contribution in [-0.4, -0.2) is 4.57 Å². The molecule has 0 saturated heterocycles. The fourth-order valence-electron chi connectivity index (χ4n) is 8.41. The summed E-state index contributed by atoms with van der Waals surface area (Å²) in [6, 6.07) is 59.9. The molecule has 0 aliphatic rings. The monoisotopic (exact) mass is 697 g/mol. The molecule has 0 spiro atoms. The minimum atomic E-state index is 0.913. The van der Waals surface area contributed by atoms with E-state index < -0.39 is 0 Å². The van der Waals surface area contributed by atoms with E-state index in [1.165, 1.54) is 90.1 Å². The number of fused-ring (bicyclic) bond motifs is 13. The molecule has 0 fully saturated rings. The molecular weight excluding hydrogens is 671 g/mol. The first kappa shape index (κ1) is 28.5. The number of para-hydroxylation sites is 2. The third-order valence-corrected chi connectivity index (χ3v) is 13.1. The van der Waals surface area contributed by atoms with Crippen LogP contribution in [0.2, 0.25) is 0 Å². The van der Waals surface area contributed by atoms with E-state index in [1.54, 1.807) is 0 Å². The maximum absolute atomic E-state index is 6.31. The fraction of sp³-hybridized carbons (Fsp3) is 0. The van der Waals surface area contributed by atoms with E-state index in [0.29, 0.717) is 0 Å². The summed E-state index contributed by atoms with van der Waals surface area (Å²) >= 11 is 3.78. The molecule has 0 aliphatic heterocycles. The quantitative estimate of drug-likeness (QED) is 0.180. The van der Waals surface area contributed by atoms with Gasteiger partial charge in [0.25, 0.3) is 0 Å². The predicted molar refractivity (Wildman–Crippen MR) is 225 cm³/mol. The van der Waals surface area contributed by atoms with Crippen molar-refractivity contribution >= 4 is 107 Å². The Morgan fingerprint density at radius 2 is 0.827 bits per heavy atom. The van der Waals surface area contributed by atoms with Crippen LogP contribution in [0.25, 0.3) is 112 Å². The van der Waals surface area contributed by atoms with Gasteiger partial charge in [-0.15, -0.1) is 22.7 Å². The number of rotatable bonds is 3. The summed E-state index contributed by atoms with van der Waals surface area (Å²) in [6.07, 6.45) is 0. The Kier molecular flexibility index (Phi) is 5.84. The van der Waals surface area contributed by atoms with Crippen molar-refractivity contribution in [1.29, 1.82) is 0 Å². The molecular formula is C48H27NOS2. The van der Waals surface area contributed by atoms with Crippen LogP contribution in [0.4, 0.5) is 0 Å². The van der Waals surface area contributed by atoms with E-state index in [0.717, 1.165) is 21.9 Å². The molecule has 0 unspecified atom stereocenters. The highest BCUT2D eigenvalue weighted by molar-refractivity contribution is 7.28. The molecule has 4 heterocycles. The van der Waals surface area contributed by atoms with Gasteiger partial charge in [-0.1, -0.05) is 84.9 Å². The van der Waals surface area contributed by atoms with Gasteiger partial charge in [0.05, 0.1) is 11.0 Å². The molecule has 0 radical (unpaired) electrons. The van der Waals surface area contributed by atoms with Crippen molar-refractivity contribution < 1.29 is 4.42 Å². The number of hydrogen-bond donors (Lipinski definition) is 0. The van der Waals surface area contributed by atoms with Gasteiger partial charge in [0, 0.05) is 67.6 Å². The number of thiophene rings is 2. The highest BCUT2D eigenvalue weighted by Gasteiger charge is 2.18. The number of aromatic nitrogens is 1. The maximum Gasteiger partial charge on any atom is 0.135 e. The average Bonchev–Trinajstić information content (AvgIpc) is 3.95. The van der Waals surface area contributed by atoms with Crippen LogP contribution >= 0.6 is 22.7 Å². The molecule has 0 aliphatic carbocycles. The lowest BCUT2D eigenvalue weighted by Gasteiger charge is -2.08. The van der Waals surface area contributed by atoms with Crippen LogP contribution in [-0.2, 0) is 0 Å². The molecule has 2 nitrogen and oxygen atoms in total. The second-order valence-corrected chi connectivity index (χ2v) is 15.8. The highest BCUT2D eigenvalue weighted by Crippen LogP contribution is 2.46. The maximum atomic E-state index is 6.31. The van der Waals surface area contributed by atoms with E-state index in [1.807, 2.05) is 22.7 Å². The van der Waals surface area contributed by atoms with E-state index in [9.17, 15) is 0 Å². The summed E-state index contributed by atoms with van der Waals surface area (Å²) in [5.74, 6) is 0. The first-order valence-electron chi connectivity index (χ1n) is 17.6. The molecule has 4 aromatic heterocycles. The molecule has 242 valence electrons. The Balaban J connectivity index is 1.06. The topological polar surface area (TPSA) is 18.1 Å². The summed E-state index contributed by atoms with van der Waals surface area (Å²) < 4.78 is 14.0. The van der Waals surface area contributed by atoms with Crippen molar-refractivity contribution in [2.24, 2.45) is 0 Å². The van der Waals surface area contributed by atoms with E-state index >= 15 is 0 Å². The number of nitrogens with zero attached hydrogens (tertiary/aromatic N) is 1. The first-order chi connectivity index (χ1) is 25.7. The smallest absolute Gasteiger partial charge is 0.135 e. The van der Waals surface area contributed by atoms with Gasteiger partial charge >= 0.3 is 0 Å². The van der Waals surface area contributed by atoms with Gasteiger partial charge in [-0.05, 0) is 101 Å². The summed E-state index contributed by atoms with van der Waals surface area (Å²) in [4.78, 5) is 0. The fourth-order valence-corrected chi connectivity index (χ4v) is 10.6. The lowest BCUT2D eigenvalue weighted by atomic mass is 9.98. The zero-order valence-corrected chi connectivity index (χ0v) is 29.4. The van der Waals surface area contributed by atoms with Crippen LogP contribution in [0.5, 0.6) is 0 Å². The summed E-state index contributed by atoms with van der Waals surface area (Å²) in [6.45, 7) is 0. The summed E-state index contributed by atoms with van der Waals surface area (Å²) in [5.41, 5.74) is 10.3. The van der Waals surface area contributed by atoms with Gasteiger partial charge in [0.1, 0.15) is 11.2 Å². The molecule has 12 rings (SSSR count). The summed E-state index contributed by atoms with van der Waals surface area (Å²) in [5, 5.41) is 10.2. The summed E-state index contributed by atoms with van der Waals surface area (Å²) in [7, 11) is 0. The van der Waals surface area contributed by atoms with Crippen LogP contribution in [0, 0.1) is 0 Å². The van der Waals surface area contributed by atoms with E-state index in [-0.39, 0.29) is 0 Å². The standard InChI is InChI=1S/C48H27NOS2/c1-2-8-28(9-3-1)29-14-18-41-35(24-29)36-25-30(15-19-42(36)50-41)31-16-20-43-37(26-31)47-45(51-43)22-23-46-48(47)38-27-32(17-21-44(38)52-46)49-39-12-6-4-10-33(39)34-11-5-7-13-40(34)49/h1-27H. The second kappa shape index (κ2) is 10.7. The molecule has 0 saturated carbocycles. The van der Waals surface area contributed by atoms with Crippen molar-refractivity contribution in [1.82, 2.24) is 4.57 Å². The molecule has 0 bridgehead atoms. The molecule has 12 aromatic rings. The highest BCUT2D eigenvalue weighted by atomic mass is 32.1. The lowest BCUT2D eigenvalue weighted by Crippen LogP contribution is -1.93. The van der Waals surface area contributed by atoms with Gasteiger partial charge < -0.3 is 8.98 Å². The molecule has 0 amide bonds. The molecule has 0 atom stereocenters. The third kappa shape index (κ3) is 4.05. The largest absolute Gasteiger partial charge is 0.456 e. The SMILES string of the molecule is c1ccc(-c2ccc3oc4ccc(-c5ccc6sc7ccc8sc9ccc(-n%10c%11ccccc%11c%11ccccc%11%10)cc9c8c7c6c5)cc4c3c2)cc1. The molecule has 0 N–H and O–H groups in total. The third-order valence-electron chi connectivity index (χ3n) is 10.8. The Morgan fingerprint density at radius 1 is 0.346 bits per heavy atom. The number of benzene rings is 8. The number of hydrogen-bond acceptors (Lipinski definition) is 3. The molecule has 4 heteroatoms. The number of furan rings is 1. The predicted octanol–water partition coefficient (Wildman–Crippen LogP) is 14.8. The molecule has 52 heavy (non-hydrogen) atoms. The van der Waals surface area contributed by atoms with E-state index in [4.69, 9.17) is 4.42 Å². The zero-order valence-electron chi connectivity index (χ0n) is 27.8. The van der Waals surface area contributed by atoms with Crippen LogP contribution in [0.15, 0.2) is 168 Å². The Morgan fingerprint density at radius 3 is 1.46 bits per heavy atom. The Hall–Kier alpha value is -6.20. The van der Waals surface area contributed by atoms with Crippen molar-refractivity contribution in [2.45, 2.75) is 0 Å². The Labute approximate surface area is 306 Å². The minimum absolute atomic E-state index is 0.913. The Bertz CT molecular complexity index is 3360. The zero-order chi connectivity index (χ0) is 33.9. The van der Waals surface area contributed by atoms with Gasteiger partial charge in [-0.25, -0.2) is 0 Å². The normalized spacial score (nSPS) is 12.2. The van der Waals surface area contributed by atoms with Crippen molar-refractivity contribution in [3.05, 3.63) is 164 Å². The van der Waals surface area contributed by atoms with Crippen LogP contribution in [0.1, 0.15) is 0 Å². The lowest BCUT2D eigenvalue weighted by molar-refractivity contribution is 0.669. The average molecular weight is 698 g/mol. The van der Waals surface area contributed by atoms with Gasteiger partial charge in [-0.3, -0.25) is 0 Å². The van der Waals surface area contributed by atoms with Crippen molar-refractivity contribution in [3.8, 4) is 27.9 Å². The van der Waals surface area contributed by atoms with Crippen LogP contribution in [0.3, 0.4) is 0 Å².